The van der Waals surface area contributed by atoms with E-state index in [0.717, 1.165) is 17.2 Å². The first-order valence-electron chi connectivity index (χ1n) is 18.4. The lowest BCUT2D eigenvalue weighted by Crippen LogP contribution is -2.35. The van der Waals surface area contributed by atoms with Crippen molar-refractivity contribution in [2.45, 2.75) is 89.9 Å². The van der Waals surface area contributed by atoms with Crippen molar-refractivity contribution >= 4 is 62.1 Å². The van der Waals surface area contributed by atoms with Crippen molar-refractivity contribution in [1.82, 2.24) is 39.0 Å². The molecule has 7 rings (SSSR count). The third-order valence-corrected chi connectivity index (χ3v) is 11.9. The van der Waals surface area contributed by atoms with Crippen LogP contribution in [0.5, 0.6) is 0 Å². The highest BCUT2D eigenvalue weighted by Gasteiger charge is 2.55. The maximum absolute atomic E-state index is 16.8. The molecule has 2 bridgehead atoms. The topological polar surface area (TPSA) is 338 Å². The fourth-order valence-corrected chi connectivity index (χ4v) is 8.89. The van der Waals surface area contributed by atoms with Crippen LogP contribution in [0, 0.1) is 5.92 Å². The molecule has 0 aliphatic carbocycles. The standard InChI is InChI=1S/C31H41FN10O17P2/c1-13(2)54-30(44)48-11-52-60(46)51-7-17-22(18(32)27(57-17)41-9-37-19-23(33)35-8-36-24(19)41)59-61(47,53-12-49-31(45)55-14(3)4)50-6-16-15(5)21(58-60)28(56-16)42-10-38-20-25(42)39-29(34)40-26(20)43/h8-10,13-18,21-22,27-28H,6-7,11-12H2,1-5H3,(H2,33,35,36)(H3,34,39,40,43)/t15?,16-,17-,18?,21?,22?,27?,28?,60?,61?/m1/s1. The van der Waals surface area contributed by atoms with E-state index >= 15 is 4.39 Å². The molecule has 27 nitrogen and oxygen atoms in total. The number of nitrogens with two attached hydrogens (primary N) is 2. The van der Waals surface area contributed by atoms with Gasteiger partial charge >= 0.3 is 28.0 Å². The van der Waals surface area contributed by atoms with Crippen LogP contribution >= 0.6 is 15.6 Å². The summed E-state index contributed by atoms with van der Waals surface area (Å²) in [7, 11) is -10.1. The van der Waals surface area contributed by atoms with Gasteiger partial charge in [0.05, 0.1) is 44.2 Å². The van der Waals surface area contributed by atoms with Crippen molar-refractivity contribution in [2.24, 2.45) is 5.92 Å². The third kappa shape index (κ3) is 9.62. The summed E-state index contributed by atoms with van der Waals surface area (Å²) in [5.41, 5.74) is 11.0. The van der Waals surface area contributed by atoms with E-state index in [1.165, 1.54) is 10.9 Å². The molecule has 3 saturated heterocycles. The van der Waals surface area contributed by atoms with Gasteiger partial charge in [0, 0.05) is 5.92 Å². The maximum atomic E-state index is 16.8. The zero-order valence-electron chi connectivity index (χ0n) is 32.8. The van der Waals surface area contributed by atoms with Gasteiger partial charge in [-0.05, 0) is 27.7 Å². The van der Waals surface area contributed by atoms with E-state index in [9.17, 15) is 23.5 Å². The first kappa shape index (κ1) is 44.2. The lowest BCUT2D eigenvalue weighted by molar-refractivity contribution is -0.0815. The van der Waals surface area contributed by atoms with Crippen LogP contribution in [0.2, 0.25) is 0 Å². The van der Waals surface area contributed by atoms with E-state index in [2.05, 4.69) is 29.9 Å². The van der Waals surface area contributed by atoms with Crippen molar-refractivity contribution in [3.05, 3.63) is 29.3 Å². The van der Waals surface area contributed by atoms with Crippen molar-refractivity contribution in [1.29, 1.82) is 0 Å². The zero-order valence-corrected chi connectivity index (χ0v) is 34.6. The molecule has 4 aromatic heterocycles. The number of nitrogens with zero attached hydrogens (tertiary/aromatic N) is 7. The molecule has 7 heterocycles. The van der Waals surface area contributed by atoms with Gasteiger partial charge < -0.3 is 39.9 Å². The number of fused-ring (bicyclic) bond motifs is 5. The highest BCUT2D eigenvalue weighted by atomic mass is 31.2. The van der Waals surface area contributed by atoms with Crippen LogP contribution in [0.3, 0.4) is 0 Å². The first-order valence-corrected chi connectivity index (χ1v) is 21.3. The molecule has 0 spiro atoms. The minimum atomic E-state index is -5.06. The van der Waals surface area contributed by atoms with Gasteiger partial charge in [-0.1, -0.05) is 6.92 Å². The molecule has 4 aromatic rings. The number of phosphoric ester groups is 2. The number of hydrogen-bond donors (Lipinski definition) is 3. The van der Waals surface area contributed by atoms with Gasteiger partial charge in [-0.3, -0.25) is 37.0 Å². The molecule has 0 saturated carbocycles. The van der Waals surface area contributed by atoms with E-state index in [1.54, 1.807) is 34.6 Å². The Bertz CT molecular complexity index is 2400. The molecule has 334 valence electrons. The Morgan fingerprint density at radius 2 is 1.39 bits per heavy atom. The molecule has 8 unspecified atom stereocenters. The Balaban J connectivity index is 1.26. The van der Waals surface area contributed by atoms with Crippen LogP contribution in [0.4, 0.5) is 25.7 Å². The van der Waals surface area contributed by atoms with Crippen LogP contribution in [0.15, 0.2) is 23.8 Å². The van der Waals surface area contributed by atoms with E-state index in [0.29, 0.717) is 0 Å². The molecule has 0 amide bonds. The smallest absolute Gasteiger partial charge is 0.432 e. The highest BCUT2D eigenvalue weighted by Crippen LogP contribution is 2.58. The minimum absolute atomic E-state index is 0.0319. The molecule has 3 aliphatic heterocycles. The Kier molecular flexibility index (Phi) is 12.9. The Hall–Kier alpha value is -4.89. The summed E-state index contributed by atoms with van der Waals surface area (Å²) in [5.74, 6) is -1.23. The number of aromatic nitrogens is 8. The molecule has 0 aromatic carbocycles. The summed E-state index contributed by atoms with van der Waals surface area (Å²) in [5, 5.41) is 0. The lowest BCUT2D eigenvalue weighted by atomic mass is 10.0. The van der Waals surface area contributed by atoms with Crippen molar-refractivity contribution in [2.75, 3.05) is 38.3 Å². The second-order valence-corrected chi connectivity index (χ2v) is 17.3. The Morgan fingerprint density at radius 1 is 0.836 bits per heavy atom. The van der Waals surface area contributed by atoms with Gasteiger partial charge in [-0.2, -0.15) is 4.98 Å². The molecule has 10 atom stereocenters. The second kappa shape index (κ2) is 17.8. The first-order chi connectivity index (χ1) is 28.9. The lowest BCUT2D eigenvalue weighted by Gasteiger charge is -2.28. The van der Waals surface area contributed by atoms with Crippen LogP contribution in [-0.4, -0.2) is 121 Å². The molecular formula is C31H41FN10O17P2. The number of hydrogen-bond acceptors (Lipinski definition) is 24. The average molecular weight is 907 g/mol. The molecule has 3 aliphatic rings. The number of carbonyl (C=O) groups is 2. The fourth-order valence-electron chi connectivity index (χ4n) is 6.33. The number of nitrogens with one attached hydrogen (secondary N) is 1. The number of imidazole rings is 2. The minimum Gasteiger partial charge on any atom is -0.432 e. The van der Waals surface area contributed by atoms with E-state index in [1.807, 2.05) is 0 Å². The number of halogens is 1. The Morgan fingerprint density at radius 3 is 2.02 bits per heavy atom. The van der Waals surface area contributed by atoms with Crippen molar-refractivity contribution in [3.8, 4) is 0 Å². The Labute approximate surface area is 342 Å². The zero-order chi connectivity index (χ0) is 43.8. The van der Waals surface area contributed by atoms with E-state index < -0.39 is 121 Å². The van der Waals surface area contributed by atoms with Gasteiger partial charge in [-0.15, -0.1) is 0 Å². The van der Waals surface area contributed by atoms with Crippen molar-refractivity contribution < 1.29 is 78.7 Å². The monoisotopic (exact) mass is 906 g/mol. The summed E-state index contributed by atoms with van der Waals surface area (Å²) < 4.78 is 115. The summed E-state index contributed by atoms with van der Waals surface area (Å²) in [6, 6.07) is 0. The number of H-pyrrole nitrogens is 1. The maximum Gasteiger partial charge on any atom is 0.510 e. The fraction of sp³-hybridized carbons (Fsp3) is 0.613. The van der Waals surface area contributed by atoms with Crippen LogP contribution in [-0.2, 0) is 64.7 Å². The molecule has 30 heteroatoms. The second-order valence-electron chi connectivity index (χ2n) is 14.0. The molecule has 3 fully saturated rings. The van der Waals surface area contributed by atoms with Crippen LogP contribution in [0.25, 0.3) is 22.3 Å². The number of rotatable bonds is 10. The quantitative estimate of drug-likeness (QED) is 0.117. The molecule has 61 heavy (non-hydrogen) atoms. The van der Waals surface area contributed by atoms with Crippen molar-refractivity contribution in [3.63, 3.8) is 0 Å². The molecule has 5 N–H and O–H groups in total. The van der Waals surface area contributed by atoms with E-state index in [4.69, 9.17) is 67.0 Å². The van der Waals surface area contributed by atoms with Gasteiger partial charge in [0.2, 0.25) is 19.5 Å². The van der Waals surface area contributed by atoms with Gasteiger partial charge in [0.25, 0.3) is 5.56 Å². The predicted molar refractivity (Wildman–Crippen MR) is 198 cm³/mol. The van der Waals surface area contributed by atoms with Gasteiger partial charge in [0.15, 0.2) is 41.3 Å². The van der Waals surface area contributed by atoms with Crippen LogP contribution in [0.1, 0.15) is 47.1 Å². The number of carbonyl (C=O) groups excluding carboxylic acids is 2. The SMILES string of the molecule is CC(C)OC(=O)OCOP1(=O)OC[C@H]2OC(n3cnc4c(N)ncnc43)C(F)C2OP(=O)(OCOC(=O)OC(C)C)OC[C@H]2OC(n3cnc4c(=O)[nH]c(N)nc43)C(O1)C2C. The third-order valence-electron chi connectivity index (χ3n) is 9.09. The number of nitrogen functional groups attached to an aromatic ring is 2. The summed E-state index contributed by atoms with van der Waals surface area (Å²) in [4.78, 5) is 59.8. The number of ether oxygens (including phenoxy) is 6. The van der Waals surface area contributed by atoms with E-state index in [-0.39, 0.29) is 34.1 Å². The number of phosphoric acid groups is 2. The van der Waals surface area contributed by atoms with Gasteiger partial charge in [-0.25, -0.2) is 52.1 Å². The largest absolute Gasteiger partial charge is 0.510 e. The summed E-state index contributed by atoms with van der Waals surface area (Å²) >= 11 is 0. The highest BCUT2D eigenvalue weighted by molar-refractivity contribution is 7.48. The average Bonchev–Trinajstić information content (AvgIpc) is 3.94. The number of alkyl halides is 1. The molecular weight excluding hydrogens is 865 g/mol. The molecule has 0 radical (unpaired) electrons. The number of anilines is 2. The summed E-state index contributed by atoms with van der Waals surface area (Å²) in [6.45, 7) is 4.07. The van der Waals surface area contributed by atoms with Crippen LogP contribution < -0.4 is 17.0 Å². The normalized spacial score (nSPS) is 30.8. The van der Waals surface area contributed by atoms with Gasteiger partial charge in [0.1, 0.15) is 30.2 Å². The predicted octanol–water partition coefficient (Wildman–Crippen LogP) is 3.00. The summed E-state index contributed by atoms with van der Waals surface area (Å²) in [6.07, 6.45) is -11.6. The number of aromatic amines is 1.